The van der Waals surface area contributed by atoms with Crippen LogP contribution in [-0.4, -0.2) is 21.9 Å². The van der Waals surface area contributed by atoms with Crippen molar-refractivity contribution in [2.45, 2.75) is 24.1 Å². The van der Waals surface area contributed by atoms with E-state index in [2.05, 4.69) is 11.1 Å². The fourth-order valence-electron chi connectivity index (χ4n) is 1.01. The molecule has 14 heavy (non-hydrogen) atoms. The Balaban J connectivity index is 2.88. The van der Waals surface area contributed by atoms with E-state index in [0.717, 1.165) is 10.7 Å². The van der Waals surface area contributed by atoms with Gasteiger partial charge >= 0.3 is 0 Å². The SMILES string of the molecule is Cc1cc(C#N)cc(SC(C)CO)n1. The van der Waals surface area contributed by atoms with Crippen LogP contribution in [0.15, 0.2) is 17.2 Å². The second-order valence-corrected chi connectivity index (χ2v) is 4.52. The average molecular weight is 208 g/mol. The molecule has 74 valence electrons. The second kappa shape index (κ2) is 4.99. The van der Waals surface area contributed by atoms with Crippen LogP contribution in [0.4, 0.5) is 0 Å². The lowest BCUT2D eigenvalue weighted by atomic mass is 10.2. The lowest BCUT2D eigenvalue weighted by Gasteiger charge is -2.07. The number of aromatic nitrogens is 1. The first-order valence-electron chi connectivity index (χ1n) is 4.32. The molecule has 1 unspecified atom stereocenters. The second-order valence-electron chi connectivity index (χ2n) is 3.06. The number of hydrogen-bond acceptors (Lipinski definition) is 4. The van der Waals surface area contributed by atoms with Gasteiger partial charge in [0.05, 0.1) is 23.3 Å². The van der Waals surface area contributed by atoms with Crippen LogP contribution in [0.2, 0.25) is 0 Å². The summed E-state index contributed by atoms with van der Waals surface area (Å²) in [6.07, 6.45) is 0. The highest BCUT2D eigenvalue weighted by atomic mass is 32.2. The van der Waals surface area contributed by atoms with E-state index in [1.165, 1.54) is 11.8 Å². The summed E-state index contributed by atoms with van der Waals surface area (Å²) in [5.74, 6) is 0. The molecule has 0 aliphatic heterocycles. The molecule has 1 heterocycles. The molecule has 1 rings (SSSR count). The first-order valence-corrected chi connectivity index (χ1v) is 5.20. The van der Waals surface area contributed by atoms with E-state index in [1.807, 2.05) is 13.8 Å². The molecule has 4 heteroatoms. The molecule has 0 bridgehead atoms. The van der Waals surface area contributed by atoms with Crippen molar-refractivity contribution in [1.29, 1.82) is 5.26 Å². The summed E-state index contributed by atoms with van der Waals surface area (Å²) in [6, 6.07) is 5.57. The van der Waals surface area contributed by atoms with Gasteiger partial charge < -0.3 is 5.11 Å². The summed E-state index contributed by atoms with van der Waals surface area (Å²) in [6.45, 7) is 3.89. The van der Waals surface area contributed by atoms with Crippen LogP contribution in [0.1, 0.15) is 18.2 Å². The number of nitriles is 1. The first kappa shape index (κ1) is 11.0. The van der Waals surface area contributed by atoms with Crippen molar-refractivity contribution in [1.82, 2.24) is 4.98 Å². The topological polar surface area (TPSA) is 56.9 Å². The van der Waals surface area contributed by atoms with Gasteiger partial charge in [0.15, 0.2) is 0 Å². The maximum atomic E-state index is 8.88. The van der Waals surface area contributed by atoms with Crippen molar-refractivity contribution in [2.24, 2.45) is 0 Å². The van der Waals surface area contributed by atoms with Gasteiger partial charge in [-0.1, -0.05) is 6.92 Å². The minimum Gasteiger partial charge on any atom is -0.395 e. The third kappa shape index (κ3) is 3.02. The van der Waals surface area contributed by atoms with Gasteiger partial charge in [0, 0.05) is 10.9 Å². The summed E-state index contributed by atoms with van der Waals surface area (Å²) < 4.78 is 0. The first-order chi connectivity index (χ1) is 6.65. The molecule has 1 aromatic rings. The summed E-state index contributed by atoms with van der Waals surface area (Å²) in [5, 5.41) is 18.5. The number of aliphatic hydroxyl groups excluding tert-OH is 1. The molecule has 3 nitrogen and oxygen atoms in total. The molecule has 0 saturated carbocycles. The smallest absolute Gasteiger partial charge is 0.0993 e. The fraction of sp³-hybridized carbons (Fsp3) is 0.400. The molecule has 0 aliphatic carbocycles. The van der Waals surface area contributed by atoms with E-state index < -0.39 is 0 Å². The van der Waals surface area contributed by atoms with Gasteiger partial charge in [-0.15, -0.1) is 11.8 Å². The number of aryl methyl sites for hydroxylation is 1. The van der Waals surface area contributed by atoms with Gasteiger partial charge in [-0.05, 0) is 19.1 Å². The van der Waals surface area contributed by atoms with Crippen molar-refractivity contribution < 1.29 is 5.11 Å². The Morgan fingerprint density at radius 1 is 1.64 bits per heavy atom. The molecule has 0 saturated heterocycles. The van der Waals surface area contributed by atoms with E-state index >= 15 is 0 Å². The molecular weight excluding hydrogens is 196 g/mol. The maximum Gasteiger partial charge on any atom is 0.0993 e. The molecule has 0 aromatic carbocycles. The highest BCUT2D eigenvalue weighted by Crippen LogP contribution is 2.22. The summed E-state index contributed by atoms with van der Waals surface area (Å²) in [4.78, 5) is 4.27. The van der Waals surface area contributed by atoms with Crippen LogP contribution in [0.5, 0.6) is 0 Å². The molecule has 0 amide bonds. The summed E-state index contributed by atoms with van der Waals surface area (Å²) in [7, 11) is 0. The minimum absolute atomic E-state index is 0.107. The number of pyridine rings is 1. The Kier molecular flexibility index (Phi) is 3.93. The lowest BCUT2D eigenvalue weighted by Crippen LogP contribution is -2.02. The molecule has 0 fully saturated rings. The Hall–Kier alpha value is -1.05. The van der Waals surface area contributed by atoms with Gasteiger partial charge in [-0.2, -0.15) is 5.26 Å². The Morgan fingerprint density at radius 3 is 2.93 bits per heavy atom. The molecule has 0 aliphatic rings. The van der Waals surface area contributed by atoms with Gasteiger partial charge in [-0.3, -0.25) is 0 Å². The summed E-state index contributed by atoms with van der Waals surface area (Å²) in [5.41, 5.74) is 1.45. The average Bonchev–Trinajstić information content (AvgIpc) is 2.16. The van der Waals surface area contributed by atoms with Crippen molar-refractivity contribution in [2.75, 3.05) is 6.61 Å². The van der Waals surface area contributed by atoms with Crippen molar-refractivity contribution in [3.8, 4) is 6.07 Å². The Bertz CT molecular complexity index is 360. The largest absolute Gasteiger partial charge is 0.395 e. The molecular formula is C10H12N2OS. The quantitative estimate of drug-likeness (QED) is 0.769. The van der Waals surface area contributed by atoms with Crippen LogP contribution in [0.3, 0.4) is 0 Å². The van der Waals surface area contributed by atoms with E-state index in [4.69, 9.17) is 10.4 Å². The zero-order chi connectivity index (χ0) is 10.6. The van der Waals surface area contributed by atoms with Crippen molar-refractivity contribution in [3.05, 3.63) is 23.4 Å². The molecule has 0 spiro atoms. The van der Waals surface area contributed by atoms with E-state index in [1.54, 1.807) is 12.1 Å². The highest BCUT2D eigenvalue weighted by Gasteiger charge is 2.05. The molecule has 0 radical (unpaired) electrons. The predicted octanol–water partition coefficient (Wildman–Crippen LogP) is 1.73. The maximum absolute atomic E-state index is 8.88. The standard InChI is InChI=1S/C10H12N2OS/c1-7-3-9(5-11)4-10(12-7)14-8(2)6-13/h3-4,8,13H,6H2,1-2H3. The number of thioether (sulfide) groups is 1. The van der Waals surface area contributed by atoms with E-state index in [9.17, 15) is 0 Å². The monoisotopic (exact) mass is 208 g/mol. The number of hydrogen-bond donors (Lipinski definition) is 1. The summed E-state index contributed by atoms with van der Waals surface area (Å²) >= 11 is 1.48. The minimum atomic E-state index is 0.107. The number of rotatable bonds is 3. The Labute approximate surface area is 87.8 Å². The third-order valence-electron chi connectivity index (χ3n) is 1.64. The highest BCUT2D eigenvalue weighted by molar-refractivity contribution is 7.99. The molecule has 1 atom stereocenters. The van der Waals surface area contributed by atoms with Crippen molar-refractivity contribution >= 4 is 11.8 Å². The van der Waals surface area contributed by atoms with Crippen LogP contribution in [-0.2, 0) is 0 Å². The van der Waals surface area contributed by atoms with Gasteiger partial charge in [-0.25, -0.2) is 4.98 Å². The molecule has 1 N–H and O–H groups in total. The zero-order valence-corrected chi connectivity index (χ0v) is 9.01. The predicted molar refractivity (Wildman–Crippen MR) is 56.1 cm³/mol. The fourth-order valence-corrected chi connectivity index (χ4v) is 1.88. The van der Waals surface area contributed by atoms with Gasteiger partial charge in [0.25, 0.3) is 0 Å². The van der Waals surface area contributed by atoms with E-state index in [-0.39, 0.29) is 11.9 Å². The number of aliphatic hydroxyl groups is 1. The normalized spacial score (nSPS) is 12.1. The zero-order valence-electron chi connectivity index (χ0n) is 8.19. The van der Waals surface area contributed by atoms with E-state index in [0.29, 0.717) is 5.56 Å². The third-order valence-corrected chi connectivity index (χ3v) is 2.64. The van der Waals surface area contributed by atoms with Crippen LogP contribution < -0.4 is 0 Å². The van der Waals surface area contributed by atoms with Crippen molar-refractivity contribution in [3.63, 3.8) is 0 Å². The number of nitrogens with zero attached hydrogens (tertiary/aromatic N) is 2. The Morgan fingerprint density at radius 2 is 2.36 bits per heavy atom. The molecule has 1 aromatic heterocycles. The van der Waals surface area contributed by atoms with Gasteiger partial charge in [0.2, 0.25) is 0 Å². The van der Waals surface area contributed by atoms with Gasteiger partial charge in [0.1, 0.15) is 0 Å². The lowest BCUT2D eigenvalue weighted by molar-refractivity contribution is 0.300. The van der Waals surface area contributed by atoms with Crippen LogP contribution in [0, 0.1) is 18.3 Å². The van der Waals surface area contributed by atoms with Crippen LogP contribution in [0.25, 0.3) is 0 Å². The van der Waals surface area contributed by atoms with Crippen LogP contribution >= 0.6 is 11.8 Å².